The normalized spacial score (nSPS) is 16.5. The lowest BCUT2D eigenvalue weighted by Gasteiger charge is -2.34. The van der Waals surface area contributed by atoms with E-state index in [1.165, 1.54) is 22.7 Å². The molecule has 0 spiro atoms. The summed E-state index contributed by atoms with van der Waals surface area (Å²) in [5, 5.41) is 2.78. The highest BCUT2D eigenvalue weighted by atomic mass is 32.2. The monoisotopic (exact) mass is 355 g/mol. The summed E-state index contributed by atoms with van der Waals surface area (Å²) in [7, 11) is -0.505. The summed E-state index contributed by atoms with van der Waals surface area (Å²) in [4.78, 5) is 12.1. The maximum absolute atomic E-state index is 12.6. The fourth-order valence-electron chi connectivity index (χ4n) is 2.64. The van der Waals surface area contributed by atoms with E-state index in [1.54, 1.807) is 24.3 Å². The van der Waals surface area contributed by atoms with Gasteiger partial charge in [-0.3, -0.25) is 4.79 Å². The third-order valence-corrected chi connectivity index (χ3v) is 6.01. The Bertz CT molecular complexity index is 628. The minimum atomic E-state index is -3.54. The molecule has 0 aromatic heterocycles. The molecule has 1 heterocycles. The number of rotatable bonds is 7. The lowest BCUT2D eigenvalue weighted by molar-refractivity contribution is 0.0571. The molecule has 0 radical (unpaired) electrons. The van der Waals surface area contributed by atoms with Crippen molar-refractivity contribution >= 4 is 16.1 Å². The van der Waals surface area contributed by atoms with Crippen molar-refractivity contribution < 1.29 is 17.9 Å². The molecule has 0 bridgehead atoms. The Labute approximate surface area is 143 Å². The van der Waals surface area contributed by atoms with Gasteiger partial charge in [-0.15, -0.1) is 0 Å². The molecule has 0 saturated carbocycles. The average molecular weight is 355 g/mol. The Balaban J connectivity index is 1.99. The van der Waals surface area contributed by atoms with Gasteiger partial charge in [0.2, 0.25) is 0 Å². The van der Waals surface area contributed by atoms with E-state index in [2.05, 4.69) is 5.32 Å². The predicted molar refractivity (Wildman–Crippen MR) is 91.9 cm³/mol. The van der Waals surface area contributed by atoms with Crippen LogP contribution >= 0.6 is 0 Å². The van der Waals surface area contributed by atoms with Crippen LogP contribution in [0.3, 0.4) is 0 Å². The van der Waals surface area contributed by atoms with Crippen LogP contribution in [0.1, 0.15) is 23.2 Å². The quantitative estimate of drug-likeness (QED) is 0.781. The first-order valence-corrected chi connectivity index (χ1v) is 9.43. The molecule has 1 amide bonds. The molecule has 1 saturated heterocycles. The molecule has 1 aliphatic rings. The molecule has 1 aromatic rings. The van der Waals surface area contributed by atoms with E-state index < -0.39 is 10.2 Å². The van der Waals surface area contributed by atoms with Gasteiger partial charge in [0.05, 0.1) is 0 Å². The Morgan fingerprint density at radius 1 is 1.21 bits per heavy atom. The number of nitrogens with zero attached hydrogens (tertiary/aromatic N) is 2. The van der Waals surface area contributed by atoms with E-state index in [0.29, 0.717) is 31.6 Å². The number of carbonyl (C=O) groups excluding carboxylic acids is 1. The number of hydrogen-bond donors (Lipinski definition) is 1. The molecule has 1 aromatic carbocycles. The van der Waals surface area contributed by atoms with Crippen LogP contribution in [0.2, 0.25) is 0 Å². The summed E-state index contributed by atoms with van der Waals surface area (Å²) < 4.78 is 33.1. The van der Waals surface area contributed by atoms with Crippen molar-refractivity contribution in [1.29, 1.82) is 0 Å². The third-order valence-electron chi connectivity index (χ3n) is 4.01. The van der Waals surface area contributed by atoms with Crippen molar-refractivity contribution in [1.82, 2.24) is 13.9 Å². The van der Waals surface area contributed by atoms with E-state index in [1.807, 2.05) is 6.07 Å². The number of carbonyl (C=O) groups is 1. The summed E-state index contributed by atoms with van der Waals surface area (Å²) in [5.41, 5.74) is 0.561. The second kappa shape index (κ2) is 8.57. The van der Waals surface area contributed by atoms with Crippen LogP contribution in [0.25, 0.3) is 0 Å². The summed E-state index contributed by atoms with van der Waals surface area (Å²) in [6, 6.07) is 8.77. The van der Waals surface area contributed by atoms with E-state index in [4.69, 9.17) is 4.74 Å². The summed E-state index contributed by atoms with van der Waals surface area (Å²) in [5.74, 6) is -0.204. The van der Waals surface area contributed by atoms with Gasteiger partial charge in [0, 0.05) is 52.0 Å². The van der Waals surface area contributed by atoms with Crippen molar-refractivity contribution in [2.24, 2.45) is 0 Å². The van der Waals surface area contributed by atoms with Crippen molar-refractivity contribution in [2.75, 3.05) is 40.4 Å². The zero-order valence-corrected chi connectivity index (χ0v) is 15.0. The lowest BCUT2D eigenvalue weighted by Crippen LogP contribution is -2.50. The van der Waals surface area contributed by atoms with E-state index >= 15 is 0 Å². The Morgan fingerprint density at radius 3 is 2.42 bits per heavy atom. The van der Waals surface area contributed by atoms with Crippen LogP contribution < -0.4 is 5.32 Å². The highest BCUT2D eigenvalue weighted by Gasteiger charge is 2.32. The summed E-state index contributed by atoms with van der Waals surface area (Å²) >= 11 is 0. The third kappa shape index (κ3) is 4.76. The van der Waals surface area contributed by atoms with Crippen molar-refractivity contribution in [2.45, 2.75) is 18.9 Å². The number of amides is 1. The maximum atomic E-state index is 12.6. The topological polar surface area (TPSA) is 79.0 Å². The molecule has 7 nitrogen and oxygen atoms in total. The smallest absolute Gasteiger partial charge is 0.281 e. The second-order valence-electron chi connectivity index (χ2n) is 5.87. The van der Waals surface area contributed by atoms with Gasteiger partial charge in [0.1, 0.15) is 0 Å². The van der Waals surface area contributed by atoms with Gasteiger partial charge in [-0.2, -0.15) is 17.0 Å². The van der Waals surface area contributed by atoms with Crippen molar-refractivity contribution in [3.8, 4) is 0 Å². The van der Waals surface area contributed by atoms with Gasteiger partial charge >= 0.3 is 0 Å². The molecule has 134 valence electrons. The first kappa shape index (κ1) is 18.9. The fraction of sp³-hybridized carbons (Fsp3) is 0.562. The van der Waals surface area contributed by atoms with Crippen LogP contribution in [0.5, 0.6) is 0 Å². The summed E-state index contributed by atoms with van der Waals surface area (Å²) in [6.45, 7) is 1.61. The van der Waals surface area contributed by atoms with E-state index in [9.17, 15) is 13.2 Å². The molecule has 1 fully saturated rings. The zero-order chi connectivity index (χ0) is 17.6. The van der Waals surface area contributed by atoms with Gasteiger partial charge < -0.3 is 10.1 Å². The molecule has 2 rings (SSSR count). The Hall–Kier alpha value is -1.48. The van der Waals surface area contributed by atoms with Crippen LogP contribution in [0.15, 0.2) is 30.3 Å². The van der Waals surface area contributed by atoms with Crippen LogP contribution in [-0.4, -0.2) is 69.4 Å². The number of benzene rings is 1. The van der Waals surface area contributed by atoms with Gasteiger partial charge in [0.25, 0.3) is 16.1 Å². The molecule has 0 unspecified atom stereocenters. The van der Waals surface area contributed by atoms with Gasteiger partial charge in [0.15, 0.2) is 0 Å². The fourth-order valence-corrected chi connectivity index (χ4v) is 3.97. The van der Waals surface area contributed by atoms with Gasteiger partial charge in [-0.25, -0.2) is 0 Å². The number of ether oxygens (including phenoxy) is 1. The molecule has 1 aliphatic heterocycles. The van der Waals surface area contributed by atoms with Crippen molar-refractivity contribution in [3.63, 3.8) is 0 Å². The van der Waals surface area contributed by atoms with Crippen LogP contribution in [0, 0.1) is 0 Å². The van der Waals surface area contributed by atoms with E-state index in [0.717, 1.165) is 0 Å². The lowest BCUT2D eigenvalue weighted by atomic mass is 10.1. The second-order valence-corrected chi connectivity index (χ2v) is 7.96. The molecule has 1 N–H and O–H groups in total. The number of hydrogen-bond acceptors (Lipinski definition) is 4. The largest absolute Gasteiger partial charge is 0.381 e. The minimum Gasteiger partial charge on any atom is -0.381 e. The first-order valence-electron chi connectivity index (χ1n) is 8.03. The minimum absolute atomic E-state index is 0.0974. The zero-order valence-electron chi connectivity index (χ0n) is 14.1. The molecular weight excluding hydrogens is 330 g/mol. The summed E-state index contributed by atoms with van der Waals surface area (Å²) in [6.07, 6.45) is 1.33. The molecular formula is C16H25N3O4S. The highest BCUT2D eigenvalue weighted by molar-refractivity contribution is 7.86. The van der Waals surface area contributed by atoms with Crippen LogP contribution in [0.4, 0.5) is 0 Å². The first-order chi connectivity index (χ1) is 11.4. The molecule has 0 aliphatic carbocycles. The average Bonchev–Trinajstić information content (AvgIpc) is 2.59. The molecule has 24 heavy (non-hydrogen) atoms. The van der Waals surface area contributed by atoms with Crippen LogP contribution in [-0.2, 0) is 14.9 Å². The molecule has 0 atom stereocenters. The highest BCUT2D eigenvalue weighted by Crippen LogP contribution is 2.19. The Morgan fingerprint density at radius 2 is 1.83 bits per heavy atom. The Kier molecular flexibility index (Phi) is 6.73. The van der Waals surface area contributed by atoms with E-state index in [-0.39, 0.29) is 25.0 Å². The SMILES string of the molecule is CN(C)S(=O)(=O)N(CCNC(=O)c1ccccc1)C1CCOCC1. The van der Waals surface area contributed by atoms with Gasteiger partial charge in [-0.05, 0) is 25.0 Å². The molecule has 8 heteroatoms. The van der Waals surface area contributed by atoms with Crippen molar-refractivity contribution in [3.05, 3.63) is 35.9 Å². The predicted octanol–water partition coefficient (Wildman–Crippen LogP) is 0.704. The standard InChI is InChI=1S/C16H25N3O4S/c1-18(2)24(21,22)19(15-8-12-23-13-9-15)11-10-17-16(20)14-6-4-3-5-7-14/h3-7,15H,8-13H2,1-2H3,(H,17,20). The maximum Gasteiger partial charge on any atom is 0.281 e. The number of nitrogens with one attached hydrogen (secondary N) is 1. The van der Waals surface area contributed by atoms with Gasteiger partial charge in [-0.1, -0.05) is 18.2 Å².